The van der Waals surface area contributed by atoms with E-state index < -0.39 is 12.4 Å². The topological polar surface area (TPSA) is 54.4 Å². The van der Waals surface area contributed by atoms with Gasteiger partial charge in [0.25, 0.3) is 0 Å². The molecule has 10 heavy (non-hydrogen) atoms. The first-order valence-electron chi connectivity index (χ1n) is 2.60. The molecule has 0 aliphatic heterocycles. The minimum absolute atomic E-state index is 0.340. The lowest BCUT2D eigenvalue weighted by atomic mass is 10.5. The SMILES string of the molecule is O=C(O)CC(=O)SCCCl. The first kappa shape index (κ1) is 9.78. The van der Waals surface area contributed by atoms with Gasteiger partial charge in [0, 0.05) is 11.6 Å². The zero-order chi connectivity index (χ0) is 7.98. The molecule has 0 aromatic rings. The minimum atomic E-state index is -1.09. The number of thioether (sulfide) groups is 1. The fraction of sp³-hybridized carbons (Fsp3) is 0.600. The third-order valence-electron chi connectivity index (χ3n) is 0.636. The van der Waals surface area contributed by atoms with Crippen LogP contribution < -0.4 is 0 Å². The van der Waals surface area contributed by atoms with Gasteiger partial charge in [0.2, 0.25) is 0 Å². The number of rotatable bonds is 4. The van der Waals surface area contributed by atoms with Crippen LogP contribution in [0.25, 0.3) is 0 Å². The van der Waals surface area contributed by atoms with E-state index in [1.54, 1.807) is 0 Å². The third-order valence-corrected chi connectivity index (χ3v) is 1.92. The van der Waals surface area contributed by atoms with Crippen LogP contribution in [0.1, 0.15) is 6.42 Å². The van der Waals surface area contributed by atoms with Crippen LogP contribution in [0.4, 0.5) is 0 Å². The second-order valence-corrected chi connectivity index (χ2v) is 3.01. The van der Waals surface area contributed by atoms with Crippen LogP contribution in [0.15, 0.2) is 0 Å². The van der Waals surface area contributed by atoms with Gasteiger partial charge >= 0.3 is 5.97 Å². The van der Waals surface area contributed by atoms with Gasteiger partial charge in [0.1, 0.15) is 6.42 Å². The standard InChI is InChI=1S/C5H7ClO3S/c6-1-2-10-5(9)3-4(7)8/h1-3H2,(H,7,8). The van der Waals surface area contributed by atoms with E-state index in [0.717, 1.165) is 11.8 Å². The molecular formula is C5H7ClO3S. The Bertz CT molecular complexity index is 137. The first-order chi connectivity index (χ1) is 4.66. The number of carboxylic acid groups (broad SMARTS) is 1. The molecular weight excluding hydrogens is 176 g/mol. The fourth-order valence-corrected chi connectivity index (χ4v) is 1.09. The molecule has 0 saturated heterocycles. The van der Waals surface area contributed by atoms with E-state index in [1.807, 2.05) is 0 Å². The van der Waals surface area contributed by atoms with Crippen molar-refractivity contribution in [2.24, 2.45) is 0 Å². The Labute approximate surface area is 67.7 Å². The summed E-state index contributed by atoms with van der Waals surface area (Å²) in [6.07, 6.45) is -0.415. The van der Waals surface area contributed by atoms with Crippen molar-refractivity contribution in [2.75, 3.05) is 11.6 Å². The molecule has 0 spiro atoms. The Kier molecular flexibility index (Phi) is 5.43. The molecule has 0 unspecified atom stereocenters. The van der Waals surface area contributed by atoms with Crippen molar-refractivity contribution < 1.29 is 14.7 Å². The van der Waals surface area contributed by atoms with E-state index in [4.69, 9.17) is 16.7 Å². The molecule has 58 valence electrons. The van der Waals surface area contributed by atoms with Crippen LogP contribution in [0.2, 0.25) is 0 Å². The van der Waals surface area contributed by atoms with Crippen molar-refractivity contribution in [3.63, 3.8) is 0 Å². The second kappa shape index (κ2) is 5.56. The second-order valence-electron chi connectivity index (χ2n) is 1.48. The number of carbonyl (C=O) groups is 2. The highest BCUT2D eigenvalue weighted by molar-refractivity contribution is 8.13. The maximum atomic E-state index is 10.5. The number of carboxylic acids is 1. The summed E-state index contributed by atoms with van der Waals surface area (Å²) >= 11 is 6.21. The molecule has 0 rings (SSSR count). The van der Waals surface area contributed by atoms with E-state index in [9.17, 15) is 9.59 Å². The molecule has 0 aromatic carbocycles. The summed E-state index contributed by atoms with van der Waals surface area (Å²) in [5.41, 5.74) is 0. The zero-order valence-corrected chi connectivity index (χ0v) is 6.74. The number of hydrogen-bond acceptors (Lipinski definition) is 3. The Balaban J connectivity index is 3.35. The van der Waals surface area contributed by atoms with Crippen LogP contribution in [-0.4, -0.2) is 27.8 Å². The van der Waals surface area contributed by atoms with Crippen molar-refractivity contribution in [1.29, 1.82) is 0 Å². The summed E-state index contributed by atoms with van der Waals surface area (Å²) in [6, 6.07) is 0. The van der Waals surface area contributed by atoms with Gasteiger partial charge in [-0.05, 0) is 0 Å². The van der Waals surface area contributed by atoms with Crippen molar-refractivity contribution in [3.05, 3.63) is 0 Å². The number of aliphatic carboxylic acids is 1. The molecule has 0 saturated carbocycles. The smallest absolute Gasteiger partial charge is 0.311 e. The lowest BCUT2D eigenvalue weighted by Crippen LogP contribution is -2.03. The molecule has 5 heteroatoms. The van der Waals surface area contributed by atoms with Gasteiger partial charge < -0.3 is 5.11 Å². The molecule has 0 aromatic heterocycles. The van der Waals surface area contributed by atoms with Crippen molar-refractivity contribution in [1.82, 2.24) is 0 Å². The normalized spacial score (nSPS) is 9.30. The van der Waals surface area contributed by atoms with E-state index in [-0.39, 0.29) is 5.12 Å². The van der Waals surface area contributed by atoms with Gasteiger partial charge in [-0.3, -0.25) is 9.59 Å². The predicted molar refractivity (Wildman–Crippen MR) is 40.4 cm³/mol. The van der Waals surface area contributed by atoms with E-state index in [0.29, 0.717) is 11.6 Å². The Morgan fingerprint density at radius 1 is 1.50 bits per heavy atom. The molecule has 0 radical (unpaired) electrons. The van der Waals surface area contributed by atoms with E-state index in [1.165, 1.54) is 0 Å². The van der Waals surface area contributed by atoms with Gasteiger partial charge in [0.15, 0.2) is 5.12 Å². The molecule has 0 aliphatic carbocycles. The number of carbonyl (C=O) groups excluding carboxylic acids is 1. The maximum absolute atomic E-state index is 10.5. The molecule has 0 fully saturated rings. The Hall–Kier alpha value is -0.220. The molecule has 1 N–H and O–H groups in total. The lowest BCUT2D eigenvalue weighted by Gasteiger charge is -1.92. The minimum Gasteiger partial charge on any atom is -0.481 e. The Morgan fingerprint density at radius 3 is 2.50 bits per heavy atom. The number of hydrogen-bond donors (Lipinski definition) is 1. The molecule has 0 aliphatic rings. The van der Waals surface area contributed by atoms with Gasteiger partial charge in [-0.25, -0.2) is 0 Å². The van der Waals surface area contributed by atoms with E-state index in [2.05, 4.69) is 0 Å². The average molecular weight is 183 g/mol. The molecule has 0 atom stereocenters. The Morgan fingerprint density at radius 2 is 2.10 bits per heavy atom. The van der Waals surface area contributed by atoms with Crippen LogP contribution in [0, 0.1) is 0 Å². The predicted octanol–water partition coefficient (Wildman–Crippen LogP) is 0.960. The average Bonchev–Trinajstić information content (AvgIpc) is 1.82. The van der Waals surface area contributed by atoms with Gasteiger partial charge in [-0.2, -0.15) is 0 Å². The first-order valence-corrected chi connectivity index (χ1v) is 4.12. The summed E-state index contributed by atoms with van der Waals surface area (Å²) in [5, 5.41) is 7.78. The molecule has 0 amide bonds. The summed E-state index contributed by atoms with van der Waals surface area (Å²) in [6.45, 7) is 0. The van der Waals surface area contributed by atoms with Gasteiger partial charge in [0.05, 0.1) is 0 Å². The third kappa shape index (κ3) is 5.91. The fourth-order valence-electron chi connectivity index (χ4n) is 0.327. The molecule has 0 heterocycles. The highest BCUT2D eigenvalue weighted by Crippen LogP contribution is 2.04. The van der Waals surface area contributed by atoms with Crippen LogP contribution in [0.3, 0.4) is 0 Å². The largest absolute Gasteiger partial charge is 0.481 e. The van der Waals surface area contributed by atoms with E-state index >= 15 is 0 Å². The van der Waals surface area contributed by atoms with Crippen molar-refractivity contribution >= 4 is 34.4 Å². The number of halogens is 1. The lowest BCUT2D eigenvalue weighted by molar-refractivity contribution is -0.138. The summed E-state index contributed by atoms with van der Waals surface area (Å²) in [4.78, 5) is 20.4. The number of alkyl halides is 1. The van der Waals surface area contributed by atoms with Gasteiger partial charge in [-0.15, -0.1) is 11.6 Å². The quantitative estimate of drug-likeness (QED) is 0.520. The maximum Gasteiger partial charge on any atom is 0.311 e. The van der Waals surface area contributed by atoms with Crippen molar-refractivity contribution in [2.45, 2.75) is 6.42 Å². The summed E-state index contributed by atoms with van der Waals surface area (Å²) < 4.78 is 0. The van der Waals surface area contributed by atoms with Gasteiger partial charge in [-0.1, -0.05) is 11.8 Å². The van der Waals surface area contributed by atoms with Crippen LogP contribution in [0.5, 0.6) is 0 Å². The van der Waals surface area contributed by atoms with Crippen LogP contribution >= 0.6 is 23.4 Å². The highest BCUT2D eigenvalue weighted by atomic mass is 35.5. The molecule has 0 bridgehead atoms. The highest BCUT2D eigenvalue weighted by Gasteiger charge is 2.06. The monoisotopic (exact) mass is 182 g/mol. The summed E-state index contributed by atoms with van der Waals surface area (Å²) in [5.74, 6) is -0.240. The zero-order valence-electron chi connectivity index (χ0n) is 5.17. The molecule has 3 nitrogen and oxygen atoms in total. The summed E-state index contributed by atoms with van der Waals surface area (Å²) in [7, 11) is 0. The van der Waals surface area contributed by atoms with Crippen LogP contribution in [-0.2, 0) is 9.59 Å². The van der Waals surface area contributed by atoms with Crippen molar-refractivity contribution in [3.8, 4) is 0 Å².